The molecule has 1 saturated heterocycles. The SMILES string of the molecule is C=CCC(N)CC1CCCN(S(C)(=O)=O)C1. The molecule has 0 aromatic carbocycles. The third kappa shape index (κ3) is 4.23. The molecule has 1 rings (SSSR count). The van der Waals surface area contributed by atoms with E-state index in [-0.39, 0.29) is 6.04 Å². The lowest BCUT2D eigenvalue weighted by Gasteiger charge is -2.32. The van der Waals surface area contributed by atoms with Crippen molar-refractivity contribution in [1.82, 2.24) is 4.31 Å². The van der Waals surface area contributed by atoms with Crippen LogP contribution >= 0.6 is 0 Å². The molecule has 0 spiro atoms. The summed E-state index contributed by atoms with van der Waals surface area (Å²) < 4.78 is 24.4. The summed E-state index contributed by atoms with van der Waals surface area (Å²) in [7, 11) is -3.03. The summed E-state index contributed by atoms with van der Waals surface area (Å²) in [5.41, 5.74) is 5.93. The van der Waals surface area contributed by atoms with Crippen molar-refractivity contribution in [3.05, 3.63) is 12.7 Å². The smallest absolute Gasteiger partial charge is 0.211 e. The van der Waals surface area contributed by atoms with E-state index >= 15 is 0 Å². The first-order chi connectivity index (χ1) is 7.43. The molecule has 4 nitrogen and oxygen atoms in total. The van der Waals surface area contributed by atoms with Crippen LogP contribution < -0.4 is 5.73 Å². The maximum Gasteiger partial charge on any atom is 0.211 e. The van der Waals surface area contributed by atoms with Gasteiger partial charge in [0.1, 0.15) is 0 Å². The van der Waals surface area contributed by atoms with E-state index in [0.29, 0.717) is 19.0 Å². The molecule has 2 atom stereocenters. The van der Waals surface area contributed by atoms with Gasteiger partial charge in [0.05, 0.1) is 6.26 Å². The zero-order valence-corrected chi connectivity index (χ0v) is 10.7. The monoisotopic (exact) mass is 246 g/mol. The van der Waals surface area contributed by atoms with E-state index in [4.69, 9.17) is 5.73 Å². The van der Waals surface area contributed by atoms with Gasteiger partial charge in [0, 0.05) is 19.1 Å². The first kappa shape index (κ1) is 13.7. The molecule has 94 valence electrons. The minimum Gasteiger partial charge on any atom is -0.327 e. The maximum absolute atomic E-state index is 11.4. The Balaban J connectivity index is 2.48. The second kappa shape index (κ2) is 5.80. The molecule has 1 heterocycles. The summed E-state index contributed by atoms with van der Waals surface area (Å²) in [5, 5.41) is 0. The van der Waals surface area contributed by atoms with Gasteiger partial charge in [0.2, 0.25) is 10.0 Å². The van der Waals surface area contributed by atoms with Crippen LogP contribution in [0.4, 0.5) is 0 Å². The quantitative estimate of drug-likeness (QED) is 0.735. The lowest BCUT2D eigenvalue weighted by atomic mass is 9.92. The number of nitrogens with two attached hydrogens (primary N) is 1. The summed E-state index contributed by atoms with van der Waals surface area (Å²) >= 11 is 0. The Hall–Kier alpha value is -0.390. The van der Waals surface area contributed by atoms with Crippen molar-refractivity contribution in [2.24, 2.45) is 11.7 Å². The Kier molecular flexibility index (Phi) is 4.95. The summed E-state index contributed by atoms with van der Waals surface area (Å²) in [6.07, 6.45) is 6.81. The van der Waals surface area contributed by atoms with Crippen molar-refractivity contribution in [2.75, 3.05) is 19.3 Å². The number of nitrogens with zero attached hydrogens (tertiary/aromatic N) is 1. The molecular formula is C11H22N2O2S. The summed E-state index contributed by atoms with van der Waals surface area (Å²) in [5.74, 6) is 0.401. The van der Waals surface area contributed by atoms with Crippen molar-refractivity contribution in [2.45, 2.75) is 31.7 Å². The van der Waals surface area contributed by atoms with Crippen LogP contribution in [0.5, 0.6) is 0 Å². The van der Waals surface area contributed by atoms with Crippen molar-refractivity contribution in [3.8, 4) is 0 Å². The molecule has 5 heteroatoms. The van der Waals surface area contributed by atoms with Crippen LogP contribution in [0.3, 0.4) is 0 Å². The average molecular weight is 246 g/mol. The van der Waals surface area contributed by atoms with E-state index in [1.54, 1.807) is 4.31 Å². The van der Waals surface area contributed by atoms with Gasteiger partial charge in [-0.3, -0.25) is 0 Å². The third-order valence-electron chi connectivity index (χ3n) is 3.06. The number of rotatable bonds is 5. The van der Waals surface area contributed by atoms with E-state index in [2.05, 4.69) is 6.58 Å². The van der Waals surface area contributed by atoms with Gasteiger partial charge in [0.25, 0.3) is 0 Å². The van der Waals surface area contributed by atoms with Crippen LogP contribution in [0.1, 0.15) is 25.7 Å². The maximum atomic E-state index is 11.4. The molecule has 0 aromatic rings. The Morgan fingerprint density at radius 3 is 2.88 bits per heavy atom. The van der Waals surface area contributed by atoms with Crippen LogP contribution in [0, 0.1) is 5.92 Å². The first-order valence-electron chi connectivity index (χ1n) is 5.75. The highest BCUT2D eigenvalue weighted by molar-refractivity contribution is 7.88. The summed E-state index contributed by atoms with van der Waals surface area (Å²) in [6.45, 7) is 4.95. The van der Waals surface area contributed by atoms with Crippen molar-refractivity contribution >= 4 is 10.0 Å². The Labute approximate surface area is 98.6 Å². The van der Waals surface area contributed by atoms with Gasteiger partial charge < -0.3 is 5.73 Å². The fourth-order valence-corrected chi connectivity index (χ4v) is 3.20. The molecule has 1 fully saturated rings. The van der Waals surface area contributed by atoms with Crippen LogP contribution in [0.25, 0.3) is 0 Å². The van der Waals surface area contributed by atoms with Crippen LogP contribution in [0.2, 0.25) is 0 Å². The molecule has 1 aliphatic heterocycles. The van der Waals surface area contributed by atoms with Gasteiger partial charge in [-0.2, -0.15) is 0 Å². The van der Waals surface area contributed by atoms with Crippen LogP contribution in [-0.4, -0.2) is 38.1 Å². The van der Waals surface area contributed by atoms with Crippen molar-refractivity contribution in [3.63, 3.8) is 0 Å². The lowest BCUT2D eigenvalue weighted by Crippen LogP contribution is -2.40. The lowest BCUT2D eigenvalue weighted by molar-refractivity contribution is 0.246. The molecule has 0 aromatic heterocycles. The van der Waals surface area contributed by atoms with E-state index in [1.807, 2.05) is 6.08 Å². The second-order valence-electron chi connectivity index (χ2n) is 4.65. The minimum absolute atomic E-state index is 0.113. The van der Waals surface area contributed by atoms with Crippen LogP contribution in [-0.2, 0) is 10.0 Å². The molecule has 16 heavy (non-hydrogen) atoms. The molecule has 0 saturated carbocycles. The van der Waals surface area contributed by atoms with Gasteiger partial charge >= 0.3 is 0 Å². The molecular weight excluding hydrogens is 224 g/mol. The molecule has 0 radical (unpaired) electrons. The van der Waals surface area contributed by atoms with Gasteiger partial charge in [-0.1, -0.05) is 6.08 Å². The van der Waals surface area contributed by atoms with Crippen molar-refractivity contribution < 1.29 is 8.42 Å². The summed E-state index contributed by atoms with van der Waals surface area (Å²) in [4.78, 5) is 0. The van der Waals surface area contributed by atoms with Gasteiger partial charge in [-0.15, -0.1) is 6.58 Å². The van der Waals surface area contributed by atoms with Crippen LogP contribution in [0.15, 0.2) is 12.7 Å². The predicted molar refractivity (Wildman–Crippen MR) is 66.5 cm³/mol. The molecule has 2 N–H and O–H groups in total. The number of piperidine rings is 1. The molecule has 0 bridgehead atoms. The highest BCUT2D eigenvalue weighted by atomic mass is 32.2. The number of hydrogen-bond donors (Lipinski definition) is 1. The Morgan fingerprint density at radius 2 is 2.31 bits per heavy atom. The second-order valence-corrected chi connectivity index (χ2v) is 6.63. The van der Waals surface area contributed by atoms with E-state index in [9.17, 15) is 8.42 Å². The molecule has 0 amide bonds. The predicted octanol–water partition coefficient (Wildman–Crippen LogP) is 0.952. The van der Waals surface area contributed by atoms with Gasteiger partial charge in [-0.25, -0.2) is 12.7 Å². The van der Waals surface area contributed by atoms with E-state index in [1.165, 1.54) is 6.26 Å². The van der Waals surface area contributed by atoms with Crippen molar-refractivity contribution in [1.29, 1.82) is 0 Å². The largest absolute Gasteiger partial charge is 0.327 e. The van der Waals surface area contributed by atoms with E-state index < -0.39 is 10.0 Å². The zero-order valence-electron chi connectivity index (χ0n) is 9.93. The standard InChI is InChI=1S/C11H22N2O2S/c1-3-5-11(12)8-10-6-4-7-13(9-10)16(2,14)15/h3,10-11H,1,4-9,12H2,2H3. The zero-order chi connectivity index (χ0) is 12.2. The fraction of sp³-hybridized carbons (Fsp3) is 0.818. The van der Waals surface area contributed by atoms with Gasteiger partial charge in [0.15, 0.2) is 0 Å². The average Bonchev–Trinajstić information content (AvgIpc) is 2.17. The normalized spacial score (nSPS) is 25.2. The Morgan fingerprint density at radius 1 is 1.62 bits per heavy atom. The van der Waals surface area contributed by atoms with Gasteiger partial charge in [-0.05, 0) is 31.6 Å². The molecule has 2 unspecified atom stereocenters. The first-order valence-corrected chi connectivity index (χ1v) is 7.60. The minimum atomic E-state index is -3.03. The highest BCUT2D eigenvalue weighted by Crippen LogP contribution is 2.22. The highest BCUT2D eigenvalue weighted by Gasteiger charge is 2.26. The third-order valence-corrected chi connectivity index (χ3v) is 4.33. The summed E-state index contributed by atoms with van der Waals surface area (Å²) in [6, 6.07) is 0.113. The fourth-order valence-electron chi connectivity index (χ4n) is 2.26. The number of hydrogen-bond acceptors (Lipinski definition) is 3. The molecule has 1 aliphatic rings. The molecule has 0 aliphatic carbocycles. The Bertz CT molecular complexity index is 327. The topological polar surface area (TPSA) is 63.4 Å². The number of sulfonamides is 1. The van der Waals surface area contributed by atoms with E-state index in [0.717, 1.165) is 25.7 Å².